The number of hydrogen-bond donors (Lipinski definition) is 2. The van der Waals surface area contributed by atoms with Crippen molar-refractivity contribution in [2.45, 2.75) is 52.5 Å². The third-order valence-electron chi connectivity index (χ3n) is 4.39. The molecule has 26 heavy (non-hydrogen) atoms. The maximum Gasteiger partial charge on any atom is 0.193 e. The van der Waals surface area contributed by atoms with Crippen LogP contribution in [0, 0.1) is 0 Å². The smallest absolute Gasteiger partial charge is 0.193 e. The molecule has 0 aliphatic rings. The van der Waals surface area contributed by atoms with Gasteiger partial charge in [-0.25, -0.2) is 0 Å². The van der Waals surface area contributed by atoms with E-state index in [4.69, 9.17) is 12.2 Å². The van der Waals surface area contributed by atoms with Crippen LogP contribution < -0.4 is 10.6 Å². The molecule has 0 bridgehead atoms. The van der Waals surface area contributed by atoms with Crippen molar-refractivity contribution in [1.82, 2.24) is 5.32 Å². The molecule has 0 unspecified atom stereocenters. The molecular weight excluding hydrogens is 340 g/mol. The van der Waals surface area contributed by atoms with Crippen molar-refractivity contribution in [2.75, 3.05) is 5.32 Å². The molecule has 0 spiro atoms. The Morgan fingerprint density at radius 2 is 1.73 bits per heavy atom. The highest BCUT2D eigenvalue weighted by atomic mass is 32.1. The molecule has 2 aromatic carbocycles. The van der Waals surface area contributed by atoms with Gasteiger partial charge in [0.05, 0.1) is 0 Å². The van der Waals surface area contributed by atoms with Crippen LogP contribution in [0.3, 0.4) is 0 Å². The molecule has 2 rings (SSSR count). The lowest BCUT2D eigenvalue weighted by Crippen LogP contribution is -2.35. The minimum Gasteiger partial charge on any atom is -0.360 e. The Balaban J connectivity index is 2.14. The molecule has 0 heterocycles. The van der Waals surface area contributed by atoms with E-state index in [2.05, 4.69) is 45.3 Å². The van der Waals surface area contributed by atoms with Gasteiger partial charge in [-0.1, -0.05) is 64.1 Å². The number of thiocarbonyl (C=S) groups is 1. The summed E-state index contributed by atoms with van der Waals surface area (Å²) in [5.41, 5.74) is 3.43. The van der Waals surface area contributed by atoms with Gasteiger partial charge in [-0.15, -0.1) is 0 Å². The molecule has 138 valence electrons. The van der Waals surface area contributed by atoms with E-state index in [1.165, 1.54) is 5.56 Å². The highest BCUT2D eigenvalue weighted by Crippen LogP contribution is 2.23. The maximum absolute atomic E-state index is 12.8. The van der Waals surface area contributed by atoms with Gasteiger partial charge < -0.3 is 10.6 Å². The van der Waals surface area contributed by atoms with Crippen LogP contribution >= 0.6 is 12.2 Å². The van der Waals surface area contributed by atoms with Crippen LogP contribution in [0.4, 0.5) is 5.69 Å². The van der Waals surface area contributed by atoms with Crippen molar-refractivity contribution in [1.29, 1.82) is 0 Å². The number of rotatable bonds is 5. The summed E-state index contributed by atoms with van der Waals surface area (Å²) in [5.74, 6) is 0.00918. The van der Waals surface area contributed by atoms with Crippen LogP contribution in [0.15, 0.2) is 48.5 Å². The fourth-order valence-corrected chi connectivity index (χ4v) is 2.84. The van der Waals surface area contributed by atoms with Gasteiger partial charge in [-0.2, -0.15) is 0 Å². The van der Waals surface area contributed by atoms with Crippen molar-refractivity contribution in [3.63, 3.8) is 0 Å². The van der Waals surface area contributed by atoms with E-state index in [-0.39, 0.29) is 11.2 Å². The Hall–Kier alpha value is -2.20. The van der Waals surface area contributed by atoms with Crippen LogP contribution in [0.25, 0.3) is 0 Å². The number of carbonyl (C=O) groups excluding carboxylic acids is 1. The zero-order valence-electron chi connectivity index (χ0n) is 16.2. The quantitative estimate of drug-likeness (QED) is 0.555. The third-order valence-corrected chi connectivity index (χ3v) is 4.61. The van der Waals surface area contributed by atoms with Gasteiger partial charge in [-0.3, -0.25) is 4.79 Å². The zero-order valence-corrected chi connectivity index (χ0v) is 17.0. The molecule has 3 nitrogen and oxygen atoms in total. The predicted molar refractivity (Wildman–Crippen MR) is 114 cm³/mol. The fourth-order valence-electron chi connectivity index (χ4n) is 2.52. The second kappa shape index (κ2) is 8.45. The molecular formula is C22H28N2OS. The second-order valence-electron chi connectivity index (χ2n) is 7.65. The van der Waals surface area contributed by atoms with Crippen molar-refractivity contribution in [3.05, 3.63) is 65.2 Å². The Bertz CT molecular complexity index is 775. The van der Waals surface area contributed by atoms with Crippen LogP contribution in [0.2, 0.25) is 0 Å². The van der Waals surface area contributed by atoms with Crippen molar-refractivity contribution < 1.29 is 4.79 Å². The van der Waals surface area contributed by atoms with Gasteiger partial charge in [0, 0.05) is 22.9 Å². The van der Waals surface area contributed by atoms with Crippen LogP contribution in [0.5, 0.6) is 0 Å². The summed E-state index contributed by atoms with van der Waals surface area (Å²) in [4.78, 5) is 12.8. The second-order valence-corrected chi connectivity index (χ2v) is 8.05. The number of ketones is 1. The van der Waals surface area contributed by atoms with E-state index in [0.717, 1.165) is 12.1 Å². The molecule has 4 heteroatoms. The van der Waals surface area contributed by atoms with Gasteiger partial charge in [0.2, 0.25) is 0 Å². The summed E-state index contributed by atoms with van der Waals surface area (Å²) in [6.07, 6.45) is 0.991. The Labute approximate surface area is 162 Å². The molecule has 1 atom stereocenters. The lowest BCUT2D eigenvalue weighted by Gasteiger charge is -2.19. The first kappa shape index (κ1) is 20.1. The number of benzene rings is 2. The summed E-state index contributed by atoms with van der Waals surface area (Å²) >= 11 is 5.32. The lowest BCUT2D eigenvalue weighted by atomic mass is 9.86. The first-order chi connectivity index (χ1) is 12.2. The zero-order chi connectivity index (χ0) is 19.3. The number of carbonyl (C=O) groups is 1. The molecule has 0 fully saturated rings. The van der Waals surface area contributed by atoms with Crippen LogP contribution in [-0.4, -0.2) is 16.9 Å². The minimum absolute atomic E-state index is 0.00918. The van der Waals surface area contributed by atoms with Crippen molar-refractivity contribution >= 4 is 28.8 Å². The summed E-state index contributed by atoms with van der Waals surface area (Å²) in [6, 6.07) is 15.6. The summed E-state index contributed by atoms with van der Waals surface area (Å²) in [7, 11) is 0. The maximum atomic E-state index is 12.8. The largest absolute Gasteiger partial charge is 0.360 e. The molecule has 0 aromatic heterocycles. The van der Waals surface area contributed by atoms with Crippen molar-refractivity contribution in [2.24, 2.45) is 0 Å². The highest BCUT2D eigenvalue weighted by molar-refractivity contribution is 7.80. The average molecular weight is 369 g/mol. The normalized spacial score (nSPS) is 12.3. The Morgan fingerprint density at radius 3 is 2.31 bits per heavy atom. The standard InChI is InChI=1S/C22H28N2OS/c1-6-15(2)23-21(26)24-19-9-7-8-17(14-19)20(25)16-10-12-18(13-11-16)22(3,4)5/h7-15H,6H2,1-5H3,(H2,23,24,26)/t15-/m1/s1. The molecule has 2 N–H and O–H groups in total. The van der Waals surface area contributed by atoms with Gasteiger partial charge >= 0.3 is 0 Å². The fraction of sp³-hybridized carbons (Fsp3) is 0.364. The monoisotopic (exact) mass is 368 g/mol. The first-order valence-electron chi connectivity index (χ1n) is 9.03. The molecule has 0 saturated carbocycles. The van der Waals surface area contributed by atoms with E-state index in [1.807, 2.05) is 48.5 Å². The molecule has 0 aliphatic carbocycles. The van der Waals surface area contributed by atoms with E-state index in [9.17, 15) is 4.79 Å². The SMILES string of the molecule is CC[C@@H](C)NC(=S)Nc1cccc(C(=O)c2ccc(C(C)(C)C)cc2)c1. The predicted octanol–water partition coefficient (Wildman–Crippen LogP) is 5.30. The topological polar surface area (TPSA) is 41.1 Å². The first-order valence-corrected chi connectivity index (χ1v) is 9.44. The molecule has 0 saturated heterocycles. The van der Waals surface area contributed by atoms with Gasteiger partial charge in [0.15, 0.2) is 10.9 Å². The summed E-state index contributed by atoms with van der Waals surface area (Å²) in [5, 5.41) is 6.93. The summed E-state index contributed by atoms with van der Waals surface area (Å²) in [6.45, 7) is 10.7. The summed E-state index contributed by atoms with van der Waals surface area (Å²) < 4.78 is 0. The van der Waals surface area contributed by atoms with E-state index >= 15 is 0 Å². The molecule has 2 aromatic rings. The van der Waals surface area contributed by atoms with Crippen LogP contribution in [-0.2, 0) is 5.41 Å². The number of hydrogen-bond acceptors (Lipinski definition) is 2. The van der Waals surface area contributed by atoms with E-state index in [1.54, 1.807) is 0 Å². The third kappa shape index (κ3) is 5.40. The molecule has 0 aliphatic heterocycles. The number of anilines is 1. The van der Waals surface area contributed by atoms with Crippen molar-refractivity contribution in [3.8, 4) is 0 Å². The van der Waals surface area contributed by atoms with E-state index in [0.29, 0.717) is 22.3 Å². The molecule has 0 amide bonds. The van der Waals surface area contributed by atoms with Gasteiger partial charge in [-0.05, 0) is 48.7 Å². The van der Waals surface area contributed by atoms with Gasteiger partial charge in [0.1, 0.15) is 0 Å². The average Bonchev–Trinajstić information content (AvgIpc) is 2.60. The Morgan fingerprint density at radius 1 is 1.08 bits per heavy atom. The van der Waals surface area contributed by atoms with Crippen LogP contribution in [0.1, 0.15) is 62.5 Å². The van der Waals surface area contributed by atoms with E-state index < -0.39 is 0 Å². The lowest BCUT2D eigenvalue weighted by molar-refractivity contribution is 0.103. The highest BCUT2D eigenvalue weighted by Gasteiger charge is 2.15. The minimum atomic E-state index is 0.00918. The number of nitrogens with one attached hydrogen (secondary N) is 2. The Kier molecular flexibility index (Phi) is 6.54. The van der Waals surface area contributed by atoms with Gasteiger partial charge in [0.25, 0.3) is 0 Å². The molecule has 0 radical (unpaired) electrons.